The molecule has 10 heteroatoms. The van der Waals surface area contributed by atoms with E-state index in [-0.39, 0.29) is 9.50 Å². The fourth-order valence-electron chi connectivity index (χ4n) is 0.933. The molecule has 0 saturated carbocycles. The summed E-state index contributed by atoms with van der Waals surface area (Å²) >= 11 is 2.83. The number of sulfonamides is 1. The lowest BCUT2D eigenvalue weighted by atomic mass is 10.4. The zero-order chi connectivity index (χ0) is 12.6. The number of nitrogens with two attached hydrogens (primary N) is 1. The van der Waals surface area contributed by atoms with Crippen LogP contribution in [0.1, 0.15) is 6.42 Å². The number of nitrogens with zero attached hydrogens (tertiary/aromatic N) is 2. The van der Waals surface area contributed by atoms with E-state index in [4.69, 9.17) is 5.14 Å². The van der Waals surface area contributed by atoms with Crippen LogP contribution in [0.25, 0.3) is 0 Å². The Morgan fingerprint density at radius 2 is 2.06 bits per heavy atom. The highest BCUT2D eigenvalue weighted by Crippen LogP contribution is 2.24. The summed E-state index contributed by atoms with van der Waals surface area (Å²) in [5.74, 6) is 0. The van der Waals surface area contributed by atoms with Gasteiger partial charge in [0.05, 0.1) is 19.2 Å². The summed E-state index contributed by atoms with van der Waals surface area (Å²) in [6.07, 6.45) is -4.53. The summed E-state index contributed by atoms with van der Waals surface area (Å²) < 4.78 is 58.4. The first-order valence-electron chi connectivity index (χ1n) is 3.92. The van der Waals surface area contributed by atoms with Gasteiger partial charge < -0.3 is 0 Å². The third-order valence-electron chi connectivity index (χ3n) is 1.66. The van der Waals surface area contributed by atoms with Crippen LogP contribution in [0.3, 0.4) is 0 Å². The summed E-state index contributed by atoms with van der Waals surface area (Å²) in [7, 11) is -3.98. The van der Waals surface area contributed by atoms with E-state index < -0.39 is 29.2 Å². The summed E-state index contributed by atoms with van der Waals surface area (Å²) in [6, 6.07) is 0. The number of aryl methyl sites for hydroxylation is 1. The minimum atomic E-state index is -4.33. The van der Waals surface area contributed by atoms with Gasteiger partial charge in [-0.05, 0) is 15.9 Å². The van der Waals surface area contributed by atoms with E-state index >= 15 is 0 Å². The van der Waals surface area contributed by atoms with Gasteiger partial charge in [0.1, 0.15) is 9.50 Å². The Kier molecular flexibility index (Phi) is 3.65. The fourth-order valence-corrected chi connectivity index (χ4v) is 2.52. The average Bonchev–Trinajstić information content (AvgIpc) is 2.41. The van der Waals surface area contributed by atoms with Gasteiger partial charge in [-0.25, -0.2) is 13.6 Å². The molecular formula is C6H7BrF3N3O2S. The molecule has 0 atom stereocenters. The molecule has 0 spiro atoms. The molecule has 0 aliphatic carbocycles. The van der Waals surface area contributed by atoms with E-state index in [0.29, 0.717) is 0 Å². The molecule has 0 saturated heterocycles. The van der Waals surface area contributed by atoms with Gasteiger partial charge in [-0.3, -0.25) is 4.68 Å². The van der Waals surface area contributed by atoms with Crippen molar-refractivity contribution in [3.8, 4) is 0 Å². The number of alkyl halides is 3. The van der Waals surface area contributed by atoms with Crippen molar-refractivity contribution in [2.24, 2.45) is 5.14 Å². The lowest BCUT2D eigenvalue weighted by molar-refractivity contribution is -0.137. The molecule has 1 aromatic rings. The van der Waals surface area contributed by atoms with Crippen LogP contribution in [0.4, 0.5) is 13.2 Å². The molecule has 2 N–H and O–H groups in total. The van der Waals surface area contributed by atoms with Crippen molar-refractivity contribution in [3.05, 3.63) is 10.8 Å². The van der Waals surface area contributed by atoms with Gasteiger partial charge in [-0.1, -0.05) is 0 Å². The van der Waals surface area contributed by atoms with Crippen LogP contribution >= 0.6 is 15.9 Å². The maximum atomic E-state index is 11.9. The lowest BCUT2D eigenvalue weighted by Crippen LogP contribution is -2.14. The molecule has 0 amide bonds. The predicted molar refractivity (Wildman–Crippen MR) is 52.0 cm³/mol. The average molecular weight is 322 g/mol. The Morgan fingerprint density at radius 3 is 2.44 bits per heavy atom. The van der Waals surface area contributed by atoms with Crippen LogP contribution in [0.15, 0.2) is 15.7 Å². The van der Waals surface area contributed by atoms with Gasteiger partial charge in [0.2, 0.25) is 10.0 Å². The molecule has 0 aromatic carbocycles. The van der Waals surface area contributed by atoms with Gasteiger partial charge in [-0.2, -0.15) is 18.3 Å². The van der Waals surface area contributed by atoms with Crippen LogP contribution in [-0.2, 0) is 16.6 Å². The van der Waals surface area contributed by atoms with Crippen molar-refractivity contribution in [3.63, 3.8) is 0 Å². The van der Waals surface area contributed by atoms with E-state index in [2.05, 4.69) is 21.0 Å². The maximum Gasteiger partial charge on any atom is 0.390 e. The van der Waals surface area contributed by atoms with E-state index in [1.807, 2.05) is 0 Å². The second-order valence-electron chi connectivity index (χ2n) is 2.93. The monoisotopic (exact) mass is 321 g/mol. The summed E-state index contributed by atoms with van der Waals surface area (Å²) in [5.41, 5.74) is 0. The zero-order valence-corrected chi connectivity index (χ0v) is 10.1. The van der Waals surface area contributed by atoms with Crippen molar-refractivity contribution in [1.29, 1.82) is 0 Å². The van der Waals surface area contributed by atoms with Gasteiger partial charge in [-0.15, -0.1) is 0 Å². The SMILES string of the molecule is NS(=O)(=O)c1cnn(CCC(F)(F)F)c1Br. The molecule has 1 aromatic heterocycles. The highest BCUT2D eigenvalue weighted by molar-refractivity contribution is 9.10. The highest BCUT2D eigenvalue weighted by atomic mass is 79.9. The Bertz CT molecular complexity index is 482. The second-order valence-corrected chi connectivity index (χ2v) is 5.21. The van der Waals surface area contributed by atoms with E-state index in [1.54, 1.807) is 0 Å². The van der Waals surface area contributed by atoms with E-state index in [1.165, 1.54) is 0 Å². The van der Waals surface area contributed by atoms with E-state index in [0.717, 1.165) is 10.9 Å². The molecule has 1 rings (SSSR count). The van der Waals surface area contributed by atoms with Gasteiger partial charge in [0.25, 0.3) is 0 Å². The van der Waals surface area contributed by atoms with Crippen LogP contribution < -0.4 is 5.14 Å². The van der Waals surface area contributed by atoms with Crippen LogP contribution in [0.2, 0.25) is 0 Å². The fraction of sp³-hybridized carbons (Fsp3) is 0.500. The molecule has 92 valence electrons. The quantitative estimate of drug-likeness (QED) is 0.910. The molecule has 0 aliphatic heterocycles. The van der Waals surface area contributed by atoms with Gasteiger partial charge in [0, 0.05) is 0 Å². The number of hydrogen-bond donors (Lipinski definition) is 1. The van der Waals surface area contributed by atoms with Gasteiger partial charge >= 0.3 is 6.18 Å². The van der Waals surface area contributed by atoms with Crippen molar-refractivity contribution < 1.29 is 21.6 Å². The molecular weight excluding hydrogens is 315 g/mol. The third kappa shape index (κ3) is 3.46. The van der Waals surface area contributed by atoms with Crippen LogP contribution in [0.5, 0.6) is 0 Å². The molecule has 0 aliphatic rings. The maximum absolute atomic E-state index is 11.9. The number of primary sulfonamides is 1. The van der Waals surface area contributed by atoms with Crippen molar-refractivity contribution >= 4 is 26.0 Å². The Balaban J connectivity index is 2.90. The normalized spacial score (nSPS) is 13.1. The molecule has 0 bridgehead atoms. The second kappa shape index (κ2) is 4.34. The van der Waals surface area contributed by atoms with Crippen molar-refractivity contribution in [2.75, 3.05) is 0 Å². The topological polar surface area (TPSA) is 78.0 Å². The first-order chi connectivity index (χ1) is 7.11. The summed E-state index contributed by atoms with van der Waals surface area (Å²) in [5, 5.41) is 8.32. The van der Waals surface area contributed by atoms with Crippen molar-refractivity contribution in [2.45, 2.75) is 24.0 Å². The van der Waals surface area contributed by atoms with Gasteiger partial charge in [0.15, 0.2) is 0 Å². The third-order valence-corrected chi connectivity index (χ3v) is 3.67. The number of rotatable bonds is 3. The molecule has 1 heterocycles. The first kappa shape index (κ1) is 13.5. The minimum absolute atomic E-state index is 0.0840. The lowest BCUT2D eigenvalue weighted by Gasteiger charge is -2.06. The molecule has 0 fully saturated rings. The Labute approximate surface area is 97.6 Å². The first-order valence-corrected chi connectivity index (χ1v) is 6.26. The standard InChI is InChI=1S/C6H7BrF3N3O2S/c7-5-4(16(11,14)15)3-12-13(5)2-1-6(8,9)10/h3H,1-2H2,(H2,11,14,15). The Hall–Kier alpha value is -0.610. The summed E-state index contributed by atoms with van der Waals surface area (Å²) in [4.78, 5) is -0.338. The number of halogens is 4. The predicted octanol–water partition coefficient (Wildman–Crippen LogP) is 1.25. The van der Waals surface area contributed by atoms with Crippen LogP contribution in [0, 0.1) is 0 Å². The largest absolute Gasteiger partial charge is 0.390 e. The zero-order valence-electron chi connectivity index (χ0n) is 7.70. The van der Waals surface area contributed by atoms with E-state index in [9.17, 15) is 21.6 Å². The van der Waals surface area contributed by atoms with Crippen LogP contribution in [-0.4, -0.2) is 24.4 Å². The highest BCUT2D eigenvalue weighted by Gasteiger charge is 2.28. The number of aromatic nitrogens is 2. The smallest absolute Gasteiger partial charge is 0.257 e. The summed E-state index contributed by atoms with van der Waals surface area (Å²) in [6.45, 7) is -0.473. The molecule has 5 nitrogen and oxygen atoms in total. The molecule has 0 unspecified atom stereocenters. The minimum Gasteiger partial charge on any atom is -0.257 e. The number of hydrogen-bond acceptors (Lipinski definition) is 3. The molecule has 16 heavy (non-hydrogen) atoms. The molecule has 0 radical (unpaired) electrons. The Morgan fingerprint density at radius 1 is 1.50 bits per heavy atom. The van der Waals surface area contributed by atoms with Crippen molar-refractivity contribution in [1.82, 2.24) is 9.78 Å².